The van der Waals surface area contributed by atoms with E-state index in [1.807, 2.05) is 0 Å². The van der Waals surface area contributed by atoms with Gasteiger partial charge in [0.25, 0.3) is 0 Å². The van der Waals surface area contributed by atoms with Gasteiger partial charge in [-0.15, -0.1) is 12.4 Å². The van der Waals surface area contributed by atoms with Crippen LogP contribution >= 0.6 is 12.4 Å². The molecule has 0 spiro atoms. The number of hydrogen-bond donors (Lipinski definition) is 1. The third-order valence-electron chi connectivity index (χ3n) is 4.20. The molecule has 1 N–H and O–H groups in total. The summed E-state index contributed by atoms with van der Waals surface area (Å²) in [6.07, 6.45) is 4.08. The number of halogens is 1. The molecule has 1 heterocycles. The summed E-state index contributed by atoms with van der Waals surface area (Å²) in [5.74, 6) is 0.933. The maximum absolute atomic E-state index is 3.26. The molecule has 0 bridgehead atoms. The molecule has 1 aromatic rings. The summed E-state index contributed by atoms with van der Waals surface area (Å²) in [7, 11) is 2.05. The maximum Gasteiger partial charge on any atom is 0.0233 e. The first-order chi connectivity index (χ1) is 9.17. The smallest absolute Gasteiger partial charge is 0.0233 e. The fraction of sp³-hybridized carbons (Fsp3) is 0.647. The van der Waals surface area contributed by atoms with Gasteiger partial charge in [0.05, 0.1) is 0 Å². The molecule has 0 aromatic heterocycles. The molecule has 0 unspecified atom stereocenters. The van der Waals surface area contributed by atoms with Crippen molar-refractivity contribution in [1.29, 1.82) is 0 Å². The van der Waals surface area contributed by atoms with Crippen molar-refractivity contribution >= 4 is 12.4 Å². The van der Waals surface area contributed by atoms with E-state index in [2.05, 4.69) is 49.3 Å². The maximum atomic E-state index is 3.26. The molecule has 0 radical (unpaired) electrons. The highest BCUT2D eigenvalue weighted by Crippen LogP contribution is 2.22. The highest BCUT2D eigenvalue weighted by atomic mass is 35.5. The largest absolute Gasteiger partial charge is 0.320 e. The number of rotatable bonds is 5. The fourth-order valence-corrected chi connectivity index (χ4v) is 3.20. The SMILES string of the molecule is CNCCC1CCN(Cc2cc(C)cc(C)c2)CC1.Cl. The predicted octanol–water partition coefficient (Wildman–Crippen LogP) is 3.55. The van der Waals surface area contributed by atoms with Crippen LogP contribution in [0.25, 0.3) is 0 Å². The minimum absolute atomic E-state index is 0. The van der Waals surface area contributed by atoms with Crippen LogP contribution in [0.5, 0.6) is 0 Å². The molecular formula is C17H29ClN2. The summed E-state index contributed by atoms with van der Waals surface area (Å²) in [5, 5.41) is 3.26. The van der Waals surface area contributed by atoms with Gasteiger partial charge in [-0.1, -0.05) is 29.3 Å². The highest BCUT2D eigenvalue weighted by Gasteiger charge is 2.18. The average Bonchev–Trinajstić information content (AvgIpc) is 2.37. The average molecular weight is 297 g/mol. The molecule has 114 valence electrons. The lowest BCUT2D eigenvalue weighted by atomic mass is 9.93. The van der Waals surface area contributed by atoms with E-state index in [-0.39, 0.29) is 12.4 Å². The van der Waals surface area contributed by atoms with Crippen molar-refractivity contribution in [3.05, 3.63) is 34.9 Å². The molecule has 1 aliphatic heterocycles. The van der Waals surface area contributed by atoms with E-state index >= 15 is 0 Å². The van der Waals surface area contributed by atoms with E-state index in [4.69, 9.17) is 0 Å². The second-order valence-corrected chi connectivity index (χ2v) is 6.11. The third kappa shape index (κ3) is 5.43. The Balaban J connectivity index is 0.00000200. The molecule has 1 aromatic carbocycles. The number of aryl methyl sites for hydroxylation is 2. The molecule has 1 aliphatic rings. The Labute approximate surface area is 130 Å². The lowest BCUT2D eigenvalue weighted by Crippen LogP contribution is -2.34. The zero-order valence-electron chi connectivity index (χ0n) is 13.1. The second kappa shape index (κ2) is 8.66. The van der Waals surface area contributed by atoms with Crippen molar-refractivity contribution in [3.63, 3.8) is 0 Å². The first kappa shape index (κ1) is 17.5. The van der Waals surface area contributed by atoms with E-state index in [1.54, 1.807) is 0 Å². The van der Waals surface area contributed by atoms with Gasteiger partial charge in [-0.25, -0.2) is 0 Å². The zero-order chi connectivity index (χ0) is 13.7. The van der Waals surface area contributed by atoms with Gasteiger partial charge >= 0.3 is 0 Å². The zero-order valence-corrected chi connectivity index (χ0v) is 13.9. The van der Waals surface area contributed by atoms with Crippen molar-refractivity contribution < 1.29 is 0 Å². The molecule has 0 saturated carbocycles. The van der Waals surface area contributed by atoms with Crippen LogP contribution in [0.4, 0.5) is 0 Å². The van der Waals surface area contributed by atoms with Gasteiger partial charge in [-0.05, 0) is 71.3 Å². The van der Waals surface area contributed by atoms with E-state index in [0.29, 0.717) is 0 Å². The standard InChI is InChI=1S/C17H28N2.ClH/c1-14-10-15(2)12-17(11-14)13-19-8-5-16(6-9-19)4-7-18-3;/h10-12,16,18H,4-9,13H2,1-3H3;1H. The fourth-order valence-electron chi connectivity index (χ4n) is 3.20. The number of hydrogen-bond acceptors (Lipinski definition) is 2. The number of benzene rings is 1. The van der Waals surface area contributed by atoms with Crippen LogP contribution in [0.3, 0.4) is 0 Å². The molecule has 2 rings (SSSR count). The molecule has 1 saturated heterocycles. The molecule has 0 amide bonds. The van der Waals surface area contributed by atoms with E-state index in [9.17, 15) is 0 Å². The summed E-state index contributed by atoms with van der Waals surface area (Å²) in [6.45, 7) is 9.21. The van der Waals surface area contributed by atoms with Crippen LogP contribution in [0.2, 0.25) is 0 Å². The van der Waals surface area contributed by atoms with Gasteiger partial charge in [0.2, 0.25) is 0 Å². The molecular weight excluding hydrogens is 268 g/mol. The lowest BCUT2D eigenvalue weighted by Gasteiger charge is -2.32. The summed E-state index contributed by atoms with van der Waals surface area (Å²) in [5.41, 5.74) is 4.25. The quantitative estimate of drug-likeness (QED) is 0.894. The number of nitrogens with one attached hydrogen (secondary N) is 1. The Bertz CT molecular complexity index is 378. The van der Waals surface area contributed by atoms with Crippen LogP contribution in [-0.2, 0) is 6.54 Å². The normalized spacial score (nSPS) is 16.9. The highest BCUT2D eigenvalue weighted by molar-refractivity contribution is 5.85. The van der Waals surface area contributed by atoms with E-state index in [0.717, 1.165) is 12.5 Å². The van der Waals surface area contributed by atoms with Crippen molar-refractivity contribution in [2.45, 2.75) is 39.7 Å². The minimum Gasteiger partial charge on any atom is -0.320 e. The van der Waals surface area contributed by atoms with Crippen LogP contribution in [-0.4, -0.2) is 31.6 Å². The van der Waals surface area contributed by atoms with Gasteiger partial charge in [-0.3, -0.25) is 4.90 Å². The van der Waals surface area contributed by atoms with Crippen LogP contribution in [0.1, 0.15) is 36.0 Å². The summed E-state index contributed by atoms with van der Waals surface area (Å²) in [6, 6.07) is 6.92. The number of nitrogens with zero attached hydrogens (tertiary/aromatic N) is 1. The Morgan fingerprint density at radius 2 is 1.70 bits per heavy atom. The topological polar surface area (TPSA) is 15.3 Å². The first-order valence-corrected chi connectivity index (χ1v) is 7.61. The molecule has 20 heavy (non-hydrogen) atoms. The van der Waals surface area contributed by atoms with E-state index in [1.165, 1.54) is 55.6 Å². The van der Waals surface area contributed by atoms with Crippen LogP contribution < -0.4 is 5.32 Å². The molecule has 2 nitrogen and oxygen atoms in total. The summed E-state index contributed by atoms with van der Waals surface area (Å²) >= 11 is 0. The Kier molecular flexibility index (Phi) is 7.57. The summed E-state index contributed by atoms with van der Waals surface area (Å²) in [4.78, 5) is 2.62. The van der Waals surface area contributed by atoms with Crippen LogP contribution in [0.15, 0.2) is 18.2 Å². The molecule has 3 heteroatoms. The van der Waals surface area contributed by atoms with Gasteiger partial charge in [0.15, 0.2) is 0 Å². The number of likely N-dealkylation sites (tertiary alicyclic amines) is 1. The molecule has 0 atom stereocenters. The second-order valence-electron chi connectivity index (χ2n) is 6.11. The first-order valence-electron chi connectivity index (χ1n) is 7.61. The van der Waals surface area contributed by atoms with Crippen molar-refractivity contribution in [3.8, 4) is 0 Å². The van der Waals surface area contributed by atoms with Gasteiger partial charge in [-0.2, -0.15) is 0 Å². The number of piperidine rings is 1. The van der Waals surface area contributed by atoms with Crippen LogP contribution in [0, 0.1) is 19.8 Å². The Morgan fingerprint density at radius 3 is 2.25 bits per heavy atom. The molecule has 0 aliphatic carbocycles. The Hall–Kier alpha value is -0.570. The third-order valence-corrected chi connectivity index (χ3v) is 4.20. The van der Waals surface area contributed by atoms with E-state index < -0.39 is 0 Å². The minimum atomic E-state index is 0. The van der Waals surface area contributed by atoms with Gasteiger partial charge < -0.3 is 5.32 Å². The predicted molar refractivity (Wildman–Crippen MR) is 89.7 cm³/mol. The van der Waals surface area contributed by atoms with Gasteiger partial charge in [0.1, 0.15) is 0 Å². The lowest BCUT2D eigenvalue weighted by molar-refractivity contribution is 0.172. The summed E-state index contributed by atoms with van der Waals surface area (Å²) < 4.78 is 0. The van der Waals surface area contributed by atoms with Crippen molar-refractivity contribution in [2.75, 3.05) is 26.7 Å². The van der Waals surface area contributed by atoms with Gasteiger partial charge in [0, 0.05) is 6.54 Å². The monoisotopic (exact) mass is 296 g/mol. The molecule has 1 fully saturated rings. The van der Waals surface area contributed by atoms with Crippen molar-refractivity contribution in [1.82, 2.24) is 10.2 Å². The Morgan fingerprint density at radius 1 is 1.10 bits per heavy atom. The van der Waals surface area contributed by atoms with Crippen molar-refractivity contribution in [2.24, 2.45) is 5.92 Å².